The number of nitrogens with one attached hydrogen (secondary N) is 2. The highest BCUT2D eigenvalue weighted by Gasteiger charge is 2.36. The van der Waals surface area contributed by atoms with E-state index in [2.05, 4.69) is 4.98 Å². The molecule has 0 saturated carbocycles. The number of thiophene rings is 1. The van der Waals surface area contributed by atoms with Gasteiger partial charge in [-0.2, -0.15) is 0 Å². The van der Waals surface area contributed by atoms with Crippen molar-refractivity contribution in [1.82, 2.24) is 14.8 Å². The van der Waals surface area contributed by atoms with E-state index in [1.54, 1.807) is 45.9 Å². The quantitative estimate of drug-likeness (QED) is 0.160. The van der Waals surface area contributed by atoms with E-state index < -0.39 is 6.04 Å². The van der Waals surface area contributed by atoms with Gasteiger partial charge in [0.1, 0.15) is 22.7 Å². The molecule has 1 aromatic carbocycles. The first kappa shape index (κ1) is 32.7. The number of anilines is 1. The number of allylic oxidation sites excluding steroid dienone is 1. The molecule has 3 aromatic rings. The molecule has 0 aliphatic carbocycles. The maximum absolute atomic E-state index is 13.6. The number of fused-ring (bicyclic) bond motifs is 1. The highest BCUT2D eigenvalue weighted by atomic mass is 35.5. The van der Waals surface area contributed by atoms with Crippen LogP contribution in [0.25, 0.3) is 0 Å². The maximum Gasteiger partial charge on any atom is 0.246 e. The van der Waals surface area contributed by atoms with E-state index >= 15 is 0 Å². The Morgan fingerprint density at radius 2 is 1.72 bits per heavy atom. The van der Waals surface area contributed by atoms with Crippen LogP contribution in [0.5, 0.6) is 5.88 Å². The Morgan fingerprint density at radius 3 is 2.33 bits per heavy atom. The third kappa shape index (κ3) is 6.77. The molecule has 2 aromatic heterocycles. The van der Waals surface area contributed by atoms with E-state index in [1.165, 1.54) is 36.8 Å². The largest absolute Gasteiger partial charge is 0.481 e. The second kappa shape index (κ2) is 13.8. The second-order valence-electron chi connectivity index (χ2n) is 11.0. The summed E-state index contributed by atoms with van der Waals surface area (Å²) < 4.78 is 5.00. The summed E-state index contributed by atoms with van der Waals surface area (Å²) in [4.78, 5) is 53.8. The molecule has 0 bridgehead atoms. The molecule has 1 fully saturated rings. The van der Waals surface area contributed by atoms with E-state index in [0.717, 1.165) is 26.6 Å². The van der Waals surface area contributed by atoms with E-state index in [9.17, 15) is 14.4 Å². The number of aryl methyl sites for hydroxylation is 1. The summed E-state index contributed by atoms with van der Waals surface area (Å²) in [6.07, 6.45) is 3.78. The zero-order valence-corrected chi connectivity index (χ0v) is 27.5. The Morgan fingerprint density at radius 1 is 1.04 bits per heavy atom. The Hall–Kier alpha value is -4.68. The van der Waals surface area contributed by atoms with Crippen molar-refractivity contribution in [2.75, 3.05) is 38.2 Å². The monoisotopic (exact) mass is 659 g/mol. The molecule has 1 atom stereocenters. The summed E-state index contributed by atoms with van der Waals surface area (Å²) >= 11 is 7.68. The number of benzene rings is 1. The number of pyridine rings is 1. The van der Waals surface area contributed by atoms with Crippen LogP contribution in [0.3, 0.4) is 0 Å². The lowest BCUT2D eigenvalue weighted by Crippen LogP contribution is -2.51. The Bertz CT molecular complexity index is 1760. The summed E-state index contributed by atoms with van der Waals surface area (Å²) in [5, 5.41) is 19.0. The normalized spacial score (nSPS) is 16.6. The molecular weight excluding hydrogens is 626 g/mol. The average molecular weight is 660 g/mol. The first-order chi connectivity index (χ1) is 22.0. The molecule has 1 saturated heterocycles. The van der Waals surface area contributed by atoms with Gasteiger partial charge in [0.25, 0.3) is 0 Å². The van der Waals surface area contributed by atoms with Crippen LogP contribution in [-0.4, -0.2) is 89.1 Å². The number of ketones is 1. The summed E-state index contributed by atoms with van der Waals surface area (Å²) in [6, 6.07) is 9.63. The lowest BCUT2D eigenvalue weighted by molar-refractivity contribution is -0.137. The molecule has 13 heteroatoms. The number of halogens is 1. The van der Waals surface area contributed by atoms with Gasteiger partial charge in [-0.1, -0.05) is 23.7 Å². The van der Waals surface area contributed by atoms with Crippen molar-refractivity contribution >= 4 is 62.9 Å². The van der Waals surface area contributed by atoms with E-state index in [4.69, 9.17) is 32.1 Å². The second-order valence-corrected chi connectivity index (χ2v) is 12.6. The fourth-order valence-electron chi connectivity index (χ4n) is 5.35. The molecule has 0 unspecified atom stereocenters. The van der Waals surface area contributed by atoms with Gasteiger partial charge in [0, 0.05) is 71.1 Å². The van der Waals surface area contributed by atoms with Crippen molar-refractivity contribution in [2.45, 2.75) is 33.2 Å². The Kier molecular flexibility index (Phi) is 9.78. The van der Waals surface area contributed by atoms with Crippen LogP contribution in [0.2, 0.25) is 5.02 Å². The zero-order chi connectivity index (χ0) is 33.1. The van der Waals surface area contributed by atoms with Crippen LogP contribution in [0, 0.1) is 24.7 Å². The molecule has 4 heterocycles. The third-order valence-electron chi connectivity index (χ3n) is 8.02. The molecule has 2 aliphatic rings. The molecule has 5 rings (SSSR count). The zero-order valence-electron chi connectivity index (χ0n) is 26.0. The SMILES string of the molecule is COc1ccc(C(=O)/C=C/C(=O)N2CCN(C(=O)C[C@@H]3N=C(c4ccc(Cl)cc4)c4c(sc(C)c4C)N(C(C)=N)C3=N)CC2)cn1. The van der Waals surface area contributed by atoms with Gasteiger partial charge in [-0.15, -0.1) is 11.3 Å². The van der Waals surface area contributed by atoms with Gasteiger partial charge in [0.2, 0.25) is 17.7 Å². The van der Waals surface area contributed by atoms with Crippen molar-refractivity contribution in [3.63, 3.8) is 0 Å². The predicted octanol–water partition coefficient (Wildman–Crippen LogP) is 4.92. The fraction of sp³-hybridized carbons (Fsp3) is 0.303. The van der Waals surface area contributed by atoms with Gasteiger partial charge < -0.3 is 14.5 Å². The van der Waals surface area contributed by atoms with E-state index in [-0.39, 0.29) is 35.7 Å². The van der Waals surface area contributed by atoms with Crippen LogP contribution in [0.15, 0.2) is 59.7 Å². The molecule has 0 spiro atoms. The van der Waals surface area contributed by atoms with Crippen LogP contribution < -0.4 is 9.64 Å². The van der Waals surface area contributed by atoms with Crippen LogP contribution >= 0.6 is 22.9 Å². The van der Waals surface area contributed by atoms with Gasteiger partial charge in [-0.25, -0.2) is 4.98 Å². The average Bonchev–Trinajstić information content (AvgIpc) is 3.27. The first-order valence-electron chi connectivity index (χ1n) is 14.7. The minimum absolute atomic E-state index is 0.0583. The molecular formula is C33H34ClN7O4S. The van der Waals surface area contributed by atoms with Crippen molar-refractivity contribution in [1.29, 1.82) is 10.8 Å². The molecule has 46 heavy (non-hydrogen) atoms. The number of amides is 2. The summed E-state index contributed by atoms with van der Waals surface area (Å²) in [5.74, 6) is -0.256. The van der Waals surface area contributed by atoms with E-state index in [1.807, 2.05) is 26.0 Å². The number of methoxy groups -OCH3 is 1. The Balaban J connectivity index is 1.30. The lowest BCUT2D eigenvalue weighted by Gasteiger charge is -2.35. The van der Waals surface area contributed by atoms with Crippen LogP contribution in [0.4, 0.5) is 5.00 Å². The number of piperazine rings is 1. The van der Waals surface area contributed by atoms with Gasteiger partial charge in [-0.05, 0) is 50.6 Å². The number of carbonyl (C=O) groups excluding carboxylic acids is 3. The highest BCUT2D eigenvalue weighted by Crippen LogP contribution is 2.40. The van der Waals surface area contributed by atoms with Crippen molar-refractivity contribution < 1.29 is 19.1 Å². The van der Waals surface area contributed by atoms with E-state index in [0.29, 0.717) is 48.4 Å². The lowest BCUT2D eigenvalue weighted by atomic mass is 9.99. The van der Waals surface area contributed by atoms with Crippen molar-refractivity contribution in [3.05, 3.63) is 86.9 Å². The number of aliphatic imine (C=N–C) groups is 1. The molecule has 11 nitrogen and oxygen atoms in total. The molecule has 2 aliphatic heterocycles. The topological polar surface area (TPSA) is 143 Å². The summed E-state index contributed by atoms with van der Waals surface area (Å²) in [7, 11) is 1.48. The highest BCUT2D eigenvalue weighted by molar-refractivity contribution is 7.17. The smallest absolute Gasteiger partial charge is 0.246 e. The Labute approximate surface area is 276 Å². The minimum Gasteiger partial charge on any atom is -0.481 e. The third-order valence-corrected chi connectivity index (χ3v) is 9.46. The van der Waals surface area contributed by atoms with Crippen LogP contribution in [-0.2, 0) is 9.59 Å². The predicted molar refractivity (Wildman–Crippen MR) is 180 cm³/mol. The van der Waals surface area contributed by atoms with Crippen molar-refractivity contribution in [2.24, 2.45) is 4.99 Å². The first-order valence-corrected chi connectivity index (χ1v) is 15.8. The number of amidine groups is 2. The minimum atomic E-state index is -0.834. The van der Waals surface area contributed by atoms with Crippen LogP contribution in [0.1, 0.15) is 45.3 Å². The van der Waals surface area contributed by atoms with Gasteiger partial charge >= 0.3 is 0 Å². The number of rotatable bonds is 7. The number of hydrogen-bond acceptors (Lipinski definition) is 9. The summed E-state index contributed by atoms with van der Waals surface area (Å²) in [5.41, 5.74) is 3.66. The maximum atomic E-state index is 13.6. The molecule has 238 valence electrons. The summed E-state index contributed by atoms with van der Waals surface area (Å²) in [6.45, 7) is 6.85. The number of nitrogens with zero attached hydrogens (tertiary/aromatic N) is 5. The number of aromatic nitrogens is 1. The number of hydrogen-bond donors (Lipinski definition) is 2. The number of ether oxygens (including phenoxy) is 1. The molecule has 0 radical (unpaired) electrons. The van der Waals surface area contributed by atoms with Gasteiger partial charge in [0.05, 0.1) is 19.2 Å². The molecule has 2 amide bonds. The standard InChI is InChI=1S/C33H34ClN7O4S/c1-19-20(2)46-33-30(19)31(22-5-8-24(34)9-6-22)38-25(32(36)41(33)21(3)35)17-29(44)40-15-13-39(14-16-40)28(43)12-10-26(42)23-7-11-27(45-4)37-18-23/h5-12,18,25,35-36H,13-17H2,1-4H3/b12-10+,35-21?,36-32?/t25-/m0/s1. The van der Waals surface area contributed by atoms with Gasteiger partial charge in [-0.3, -0.25) is 35.1 Å². The van der Waals surface area contributed by atoms with Gasteiger partial charge in [0.15, 0.2) is 5.78 Å². The fourth-order valence-corrected chi connectivity index (χ4v) is 6.70. The van der Waals surface area contributed by atoms with Crippen molar-refractivity contribution in [3.8, 4) is 5.88 Å². The number of carbonyl (C=O) groups is 3. The molecule has 2 N–H and O–H groups in total.